The van der Waals surface area contributed by atoms with Crippen molar-refractivity contribution in [1.29, 1.82) is 0 Å². The van der Waals surface area contributed by atoms with Crippen molar-refractivity contribution in [2.45, 2.75) is 56.4 Å². The van der Waals surface area contributed by atoms with Gasteiger partial charge >= 0.3 is 5.97 Å². The van der Waals surface area contributed by atoms with Crippen LogP contribution in [0.5, 0.6) is 11.5 Å². The fourth-order valence-corrected chi connectivity index (χ4v) is 3.20. The lowest BCUT2D eigenvalue weighted by atomic mass is 9.96. The van der Waals surface area contributed by atoms with Crippen molar-refractivity contribution >= 4 is 5.97 Å². The summed E-state index contributed by atoms with van der Waals surface area (Å²) in [6, 6.07) is 2.90. The highest BCUT2D eigenvalue weighted by Gasteiger charge is 2.45. The lowest BCUT2D eigenvalue weighted by Crippen LogP contribution is -2.37. The molecule has 8 nitrogen and oxygen atoms in total. The van der Waals surface area contributed by atoms with Gasteiger partial charge in [0.25, 0.3) is 0 Å². The van der Waals surface area contributed by atoms with E-state index in [4.69, 9.17) is 14.2 Å². The van der Waals surface area contributed by atoms with E-state index >= 15 is 0 Å². The van der Waals surface area contributed by atoms with Crippen molar-refractivity contribution in [3.05, 3.63) is 35.4 Å². The molecule has 8 heteroatoms. The number of ether oxygens (including phenoxy) is 3. The number of rotatable bonds is 1. The Bertz CT molecular complexity index is 731. The van der Waals surface area contributed by atoms with Gasteiger partial charge in [0.1, 0.15) is 41.5 Å². The molecule has 0 saturated carbocycles. The number of aromatic hydroxyl groups is 1. The minimum Gasteiger partial charge on any atom is -0.507 e. The monoisotopic (exact) mass is 380 g/mol. The number of phenols is 1. The number of hydrogen-bond donors (Lipinski definition) is 4. The summed E-state index contributed by atoms with van der Waals surface area (Å²) >= 11 is 0. The molecule has 1 aromatic rings. The first-order chi connectivity index (χ1) is 12.8. The van der Waals surface area contributed by atoms with E-state index in [0.29, 0.717) is 17.7 Å². The number of aliphatic hydroxyl groups excluding tert-OH is 3. The number of hydrogen-bond acceptors (Lipinski definition) is 8. The lowest BCUT2D eigenvalue weighted by molar-refractivity contribution is -0.0464. The predicted molar refractivity (Wildman–Crippen MR) is 93.5 cm³/mol. The molecule has 0 unspecified atom stereocenters. The van der Waals surface area contributed by atoms with Crippen LogP contribution in [0.2, 0.25) is 0 Å². The molecule has 0 bridgehead atoms. The van der Waals surface area contributed by atoms with E-state index in [0.717, 1.165) is 0 Å². The predicted octanol–water partition coefficient (Wildman–Crippen LogP) is 0.819. The van der Waals surface area contributed by atoms with Gasteiger partial charge in [-0.3, -0.25) is 0 Å². The average Bonchev–Trinajstić information content (AvgIpc) is 3.38. The number of esters is 1. The summed E-state index contributed by atoms with van der Waals surface area (Å²) in [7, 11) is 1.43. The molecule has 0 aromatic heterocycles. The van der Waals surface area contributed by atoms with E-state index in [1.165, 1.54) is 19.3 Å². The van der Waals surface area contributed by atoms with Gasteiger partial charge in [-0.25, -0.2) is 4.79 Å². The third kappa shape index (κ3) is 4.24. The molecule has 0 spiro atoms. The zero-order valence-electron chi connectivity index (χ0n) is 15.1. The van der Waals surface area contributed by atoms with Crippen molar-refractivity contribution < 1.29 is 39.4 Å². The number of benzene rings is 1. The number of phenolic OH excluding ortho intramolecular Hbond substituents is 1. The largest absolute Gasteiger partial charge is 0.507 e. The SMILES string of the molecule is COc1cc(O)c2c(c1)[C@@H]1O[C@@H]1C[C@H](O)[C@H](O)[C@H](O)/C=C/C[C@H](C)OC2=O. The second kappa shape index (κ2) is 7.85. The van der Waals surface area contributed by atoms with Gasteiger partial charge in [-0.15, -0.1) is 0 Å². The number of carbonyl (C=O) groups is 1. The molecule has 2 aliphatic heterocycles. The highest BCUT2D eigenvalue weighted by Crippen LogP contribution is 2.46. The van der Waals surface area contributed by atoms with E-state index in [2.05, 4.69) is 0 Å². The second-order valence-electron chi connectivity index (χ2n) is 6.87. The van der Waals surface area contributed by atoms with Crippen LogP contribution in [0, 0.1) is 0 Å². The quantitative estimate of drug-likeness (QED) is 0.320. The summed E-state index contributed by atoms with van der Waals surface area (Å²) in [5, 5.41) is 40.5. The van der Waals surface area contributed by atoms with Crippen LogP contribution in [0.3, 0.4) is 0 Å². The molecule has 0 amide bonds. The van der Waals surface area contributed by atoms with Crippen LogP contribution in [-0.4, -0.2) is 64.0 Å². The maximum Gasteiger partial charge on any atom is 0.342 e. The first-order valence-corrected chi connectivity index (χ1v) is 8.80. The van der Waals surface area contributed by atoms with E-state index in [1.807, 2.05) is 0 Å². The Morgan fingerprint density at radius 2 is 1.96 bits per heavy atom. The van der Waals surface area contributed by atoms with Crippen molar-refractivity contribution in [3.63, 3.8) is 0 Å². The Morgan fingerprint density at radius 3 is 2.67 bits per heavy atom. The molecule has 4 N–H and O–H groups in total. The van der Waals surface area contributed by atoms with Crippen molar-refractivity contribution in [2.24, 2.45) is 0 Å². The normalized spacial score (nSPS) is 35.2. The van der Waals surface area contributed by atoms with Crippen LogP contribution in [0.25, 0.3) is 0 Å². The zero-order valence-corrected chi connectivity index (χ0v) is 15.1. The minimum absolute atomic E-state index is 0.00809. The molecule has 2 heterocycles. The first kappa shape index (κ1) is 19.6. The highest BCUT2D eigenvalue weighted by atomic mass is 16.6. The third-order valence-corrected chi connectivity index (χ3v) is 4.78. The van der Waals surface area contributed by atoms with Crippen LogP contribution in [0.15, 0.2) is 24.3 Å². The maximum absolute atomic E-state index is 12.6. The molecule has 1 saturated heterocycles. The summed E-state index contributed by atoms with van der Waals surface area (Å²) in [5.74, 6) is -0.630. The number of aliphatic hydroxyl groups is 3. The summed E-state index contributed by atoms with van der Waals surface area (Å²) in [6.45, 7) is 1.67. The Morgan fingerprint density at radius 1 is 1.22 bits per heavy atom. The van der Waals surface area contributed by atoms with Crippen molar-refractivity contribution in [1.82, 2.24) is 0 Å². The average molecular weight is 380 g/mol. The first-order valence-electron chi connectivity index (χ1n) is 8.80. The number of carbonyl (C=O) groups excluding carboxylic acids is 1. The molecule has 0 radical (unpaired) electrons. The van der Waals surface area contributed by atoms with E-state index in [9.17, 15) is 25.2 Å². The number of epoxide rings is 1. The molecule has 0 aliphatic carbocycles. The number of methoxy groups -OCH3 is 1. The fourth-order valence-electron chi connectivity index (χ4n) is 3.20. The van der Waals surface area contributed by atoms with E-state index in [1.54, 1.807) is 19.1 Å². The third-order valence-electron chi connectivity index (χ3n) is 4.78. The molecule has 148 valence electrons. The van der Waals surface area contributed by atoms with Gasteiger partial charge < -0.3 is 34.6 Å². The van der Waals surface area contributed by atoms with Crippen molar-refractivity contribution in [2.75, 3.05) is 7.11 Å². The summed E-state index contributed by atoms with van der Waals surface area (Å²) in [4.78, 5) is 12.6. The zero-order chi connectivity index (χ0) is 19.7. The van der Waals surface area contributed by atoms with Gasteiger partial charge in [-0.2, -0.15) is 0 Å². The smallest absolute Gasteiger partial charge is 0.342 e. The highest BCUT2D eigenvalue weighted by molar-refractivity contribution is 5.95. The second-order valence-corrected chi connectivity index (χ2v) is 6.87. The molecule has 6 atom stereocenters. The van der Waals surface area contributed by atoms with Crippen molar-refractivity contribution in [3.8, 4) is 11.5 Å². The Kier molecular flexibility index (Phi) is 5.71. The molecule has 1 fully saturated rings. The number of fused-ring (bicyclic) bond motifs is 3. The molecular weight excluding hydrogens is 356 g/mol. The van der Waals surface area contributed by atoms with Crippen LogP contribution in [0.4, 0.5) is 0 Å². The summed E-state index contributed by atoms with van der Waals surface area (Å²) in [5.41, 5.74) is 0.384. The van der Waals surface area contributed by atoms with Gasteiger partial charge in [0.15, 0.2) is 0 Å². The van der Waals surface area contributed by atoms with Gasteiger partial charge in [0, 0.05) is 24.5 Å². The molecular formula is C19H24O8. The van der Waals surface area contributed by atoms with E-state index < -0.39 is 42.6 Å². The standard InChI is InChI=1S/C19H24O8/c1-9-4-3-5-12(20)17(23)14(22)8-15-18(27-15)11-6-10(25-2)7-13(21)16(11)19(24)26-9/h3,5-7,9,12,14-15,17-18,20-23H,4,8H2,1-2H3/b5-3+/t9-,12+,14-,15+,17+,18-/m0/s1. The topological polar surface area (TPSA) is 129 Å². The summed E-state index contributed by atoms with van der Waals surface area (Å²) in [6.07, 6.45) is -2.15. The van der Waals surface area contributed by atoms with Crippen LogP contribution in [-0.2, 0) is 9.47 Å². The Balaban J connectivity index is 1.97. The molecule has 3 rings (SSSR count). The Hall–Kier alpha value is -2.13. The van der Waals surface area contributed by atoms with Gasteiger partial charge in [0.2, 0.25) is 0 Å². The van der Waals surface area contributed by atoms with Gasteiger partial charge in [-0.1, -0.05) is 12.2 Å². The summed E-state index contributed by atoms with van der Waals surface area (Å²) < 4.78 is 16.1. The van der Waals surface area contributed by atoms with Crippen LogP contribution >= 0.6 is 0 Å². The fraction of sp³-hybridized carbons (Fsp3) is 0.526. The Labute approximate surface area is 156 Å². The lowest BCUT2D eigenvalue weighted by Gasteiger charge is -2.21. The van der Waals surface area contributed by atoms with E-state index in [-0.39, 0.29) is 17.7 Å². The minimum atomic E-state index is -1.37. The maximum atomic E-state index is 12.6. The van der Waals surface area contributed by atoms with Crippen LogP contribution < -0.4 is 4.74 Å². The molecule has 27 heavy (non-hydrogen) atoms. The molecule has 2 aliphatic rings. The number of cyclic esters (lactones) is 1. The van der Waals surface area contributed by atoms with Gasteiger partial charge in [-0.05, 0) is 13.0 Å². The molecule has 1 aromatic carbocycles. The van der Waals surface area contributed by atoms with Crippen LogP contribution in [0.1, 0.15) is 41.8 Å². The van der Waals surface area contributed by atoms with Gasteiger partial charge in [0.05, 0.1) is 19.3 Å².